The number of nitrogens with zero attached hydrogens (tertiary/aromatic N) is 1. The summed E-state index contributed by atoms with van der Waals surface area (Å²) in [7, 11) is 0. The van der Waals surface area contributed by atoms with E-state index in [9.17, 15) is 0 Å². The molecule has 1 aromatic rings. The molecule has 62 valence electrons. The van der Waals surface area contributed by atoms with Crippen molar-refractivity contribution >= 4 is 21.6 Å². The summed E-state index contributed by atoms with van der Waals surface area (Å²) in [6, 6.07) is 0. The summed E-state index contributed by atoms with van der Waals surface area (Å²) >= 11 is 3.18. The van der Waals surface area contributed by atoms with Crippen LogP contribution in [0.25, 0.3) is 0 Å². The van der Waals surface area contributed by atoms with Crippen LogP contribution in [-0.4, -0.2) is 5.16 Å². The molecule has 0 spiro atoms. The molecule has 0 radical (unpaired) electrons. The van der Waals surface area contributed by atoms with E-state index in [2.05, 4.69) is 21.1 Å². The average Bonchev–Trinajstić information content (AvgIpc) is 2.11. The minimum atomic E-state index is -0.0803. The molecular formula is C7H11BrN2O. The Morgan fingerprint density at radius 1 is 1.45 bits per heavy atom. The maximum absolute atomic E-state index is 5.69. The van der Waals surface area contributed by atoms with Crippen LogP contribution in [0.3, 0.4) is 0 Å². The van der Waals surface area contributed by atoms with Crippen molar-refractivity contribution in [3.05, 3.63) is 10.4 Å². The van der Waals surface area contributed by atoms with Gasteiger partial charge in [0.2, 0.25) is 0 Å². The number of nitrogen functional groups attached to an aromatic ring is 1. The first-order chi connectivity index (χ1) is 4.93. The molecule has 2 N–H and O–H groups in total. The van der Waals surface area contributed by atoms with Gasteiger partial charge in [0.15, 0.2) is 10.4 Å². The third-order valence-corrected chi connectivity index (χ3v) is 1.94. The predicted octanol–water partition coefficient (Wildman–Crippen LogP) is 2.32. The van der Waals surface area contributed by atoms with Crippen molar-refractivity contribution < 1.29 is 4.52 Å². The van der Waals surface area contributed by atoms with E-state index in [1.807, 2.05) is 20.8 Å². The van der Waals surface area contributed by atoms with Crippen LogP contribution in [0.4, 0.5) is 5.69 Å². The van der Waals surface area contributed by atoms with Crippen LogP contribution >= 0.6 is 15.9 Å². The van der Waals surface area contributed by atoms with Gasteiger partial charge in [-0.1, -0.05) is 25.9 Å². The van der Waals surface area contributed by atoms with Crippen molar-refractivity contribution in [3.8, 4) is 0 Å². The van der Waals surface area contributed by atoms with E-state index in [0.717, 1.165) is 5.76 Å². The molecule has 11 heavy (non-hydrogen) atoms. The zero-order valence-corrected chi connectivity index (χ0v) is 8.40. The lowest BCUT2D eigenvalue weighted by molar-refractivity contribution is 0.328. The summed E-state index contributed by atoms with van der Waals surface area (Å²) in [6.07, 6.45) is 0. The molecule has 4 heteroatoms. The van der Waals surface area contributed by atoms with E-state index in [1.165, 1.54) is 0 Å². The topological polar surface area (TPSA) is 52.0 Å². The van der Waals surface area contributed by atoms with Crippen LogP contribution < -0.4 is 5.73 Å². The lowest BCUT2D eigenvalue weighted by atomic mass is 9.93. The first kappa shape index (κ1) is 8.59. The molecule has 0 unspecified atom stereocenters. The standard InChI is InChI=1S/C7H11BrN2O/c1-7(2,3)5-4(9)6(8)10-11-5/h9H2,1-3H3. The number of halogens is 1. The molecule has 0 saturated heterocycles. The second-order valence-electron chi connectivity index (χ2n) is 3.47. The molecule has 1 aromatic heterocycles. The minimum absolute atomic E-state index is 0.0803. The van der Waals surface area contributed by atoms with Crippen molar-refractivity contribution in [2.24, 2.45) is 0 Å². The highest BCUT2D eigenvalue weighted by Crippen LogP contribution is 2.32. The number of hydrogen-bond acceptors (Lipinski definition) is 3. The highest BCUT2D eigenvalue weighted by atomic mass is 79.9. The van der Waals surface area contributed by atoms with E-state index >= 15 is 0 Å². The van der Waals surface area contributed by atoms with Gasteiger partial charge in [0.1, 0.15) is 5.69 Å². The molecule has 0 amide bonds. The predicted molar refractivity (Wildman–Crippen MR) is 47.3 cm³/mol. The molecular weight excluding hydrogens is 208 g/mol. The fraction of sp³-hybridized carbons (Fsp3) is 0.571. The van der Waals surface area contributed by atoms with Crippen LogP contribution in [0.1, 0.15) is 26.5 Å². The van der Waals surface area contributed by atoms with Crippen molar-refractivity contribution in [2.45, 2.75) is 26.2 Å². The monoisotopic (exact) mass is 218 g/mol. The fourth-order valence-corrected chi connectivity index (χ4v) is 1.07. The fourth-order valence-electron chi connectivity index (χ4n) is 0.819. The zero-order valence-electron chi connectivity index (χ0n) is 6.81. The van der Waals surface area contributed by atoms with Crippen molar-refractivity contribution in [2.75, 3.05) is 5.73 Å². The molecule has 0 saturated carbocycles. The Morgan fingerprint density at radius 3 is 2.18 bits per heavy atom. The molecule has 0 fully saturated rings. The molecule has 1 rings (SSSR count). The van der Waals surface area contributed by atoms with E-state index in [-0.39, 0.29) is 5.41 Å². The lowest BCUT2D eigenvalue weighted by Crippen LogP contribution is -2.11. The summed E-state index contributed by atoms with van der Waals surface area (Å²) in [5, 5.41) is 3.70. The van der Waals surface area contributed by atoms with Crippen molar-refractivity contribution in [1.82, 2.24) is 5.16 Å². The maximum Gasteiger partial charge on any atom is 0.172 e. The van der Waals surface area contributed by atoms with Gasteiger partial charge in [0, 0.05) is 5.41 Å². The molecule has 0 aliphatic heterocycles. The number of rotatable bonds is 0. The third kappa shape index (κ3) is 1.56. The van der Waals surface area contributed by atoms with E-state index in [1.54, 1.807) is 0 Å². The molecule has 0 atom stereocenters. The average molecular weight is 219 g/mol. The van der Waals surface area contributed by atoms with Gasteiger partial charge in [-0.05, 0) is 15.9 Å². The van der Waals surface area contributed by atoms with Crippen LogP contribution in [0.5, 0.6) is 0 Å². The Bertz CT molecular complexity index is 262. The quantitative estimate of drug-likeness (QED) is 0.728. The van der Waals surface area contributed by atoms with Gasteiger partial charge in [0.05, 0.1) is 0 Å². The summed E-state index contributed by atoms with van der Waals surface area (Å²) in [5.74, 6) is 0.726. The van der Waals surface area contributed by atoms with Crippen LogP contribution in [0, 0.1) is 0 Å². The first-order valence-corrected chi connectivity index (χ1v) is 4.13. The number of anilines is 1. The van der Waals surface area contributed by atoms with E-state index < -0.39 is 0 Å². The Labute approximate surface area is 74.1 Å². The molecule has 1 heterocycles. The smallest absolute Gasteiger partial charge is 0.172 e. The number of hydrogen-bond donors (Lipinski definition) is 1. The van der Waals surface area contributed by atoms with Gasteiger partial charge in [0.25, 0.3) is 0 Å². The molecule has 3 nitrogen and oxygen atoms in total. The zero-order chi connectivity index (χ0) is 8.65. The SMILES string of the molecule is CC(C)(C)c1onc(Br)c1N. The van der Waals surface area contributed by atoms with Crippen LogP contribution in [0.2, 0.25) is 0 Å². The minimum Gasteiger partial charge on any atom is -0.394 e. The summed E-state index contributed by atoms with van der Waals surface area (Å²) in [4.78, 5) is 0. The highest BCUT2D eigenvalue weighted by molar-refractivity contribution is 9.10. The van der Waals surface area contributed by atoms with Gasteiger partial charge in [-0.25, -0.2) is 0 Å². The van der Waals surface area contributed by atoms with Crippen molar-refractivity contribution in [1.29, 1.82) is 0 Å². The second-order valence-corrected chi connectivity index (χ2v) is 4.22. The lowest BCUT2D eigenvalue weighted by Gasteiger charge is -2.13. The van der Waals surface area contributed by atoms with E-state index in [4.69, 9.17) is 10.3 Å². The van der Waals surface area contributed by atoms with Gasteiger partial charge in [-0.15, -0.1) is 0 Å². The Balaban J connectivity index is 3.15. The van der Waals surface area contributed by atoms with Crippen LogP contribution in [-0.2, 0) is 5.41 Å². The number of nitrogens with two attached hydrogens (primary N) is 1. The molecule has 0 aromatic carbocycles. The Kier molecular flexibility index (Phi) is 1.96. The summed E-state index contributed by atoms with van der Waals surface area (Å²) < 4.78 is 5.62. The Morgan fingerprint density at radius 2 is 2.00 bits per heavy atom. The Hall–Kier alpha value is -0.510. The maximum atomic E-state index is 5.69. The van der Waals surface area contributed by atoms with Gasteiger partial charge in [-0.2, -0.15) is 0 Å². The first-order valence-electron chi connectivity index (χ1n) is 3.34. The second kappa shape index (κ2) is 2.52. The van der Waals surface area contributed by atoms with Gasteiger partial charge in [-0.3, -0.25) is 0 Å². The summed E-state index contributed by atoms with van der Waals surface area (Å²) in [5.41, 5.74) is 6.20. The normalized spacial score (nSPS) is 12.0. The third-order valence-electron chi connectivity index (χ3n) is 1.37. The van der Waals surface area contributed by atoms with Crippen molar-refractivity contribution in [3.63, 3.8) is 0 Å². The summed E-state index contributed by atoms with van der Waals surface area (Å²) in [6.45, 7) is 6.07. The van der Waals surface area contributed by atoms with Crippen LogP contribution in [0.15, 0.2) is 9.13 Å². The number of aromatic nitrogens is 1. The highest BCUT2D eigenvalue weighted by Gasteiger charge is 2.23. The molecule has 0 aliphatic rings. The van der Waals surface area contributed by atoms with Gasteiger partial charge < -0.3 is 10.3 Å². The largest absolute Gasteiger partial charge is 0.394 e. The van der Waals surface area contributed by atoms with E-state index in [0.29, 0.717) is 10.3 Å². The molecule has 0 aliphatic carbocycles. The van der Waals surface area contributed by atoms with Gasteiger partial charge >= 0.3 is 0 Å². The molecule has 0 bridgehead atoms.